The number of nitrogens with one attached hydrogen (secondary N) is 4. The summed E-state index contributed by atoms with van der Waals surface area (Å²) < 4.78 is 41.9. The summed E-state index contributed by atoms with van der Waals surface area (Å²) in [7, 11) is 5.09. The zero-order valence-corrected chi connectivity index (χ0v) is 30.7. The van der Waals surface area contributed by atoms with Gasteiger partial charge in [-0.15, -0.1) is 0 Å². The van der Waals surface area contributed by atoms with Crippen molar-refractivity contribution >= 4 is 69.9 Å². The van der Waals surface area contributed by atoms with E-state index < -0.39 is 29.9 Å². The molecule has 1 aromatic carbocycles. The molecule has 54 heavy (non-hydrogen) atoms. The van der Waals surface area contributed by atoms with Crippen LogP contribution in [0.2, 0.25) is 10.0 Å². The van der Waals surface area contributed by atoms with Crippen LogP contribution in [-0.2, 0) is 30.7 Å². The second-order valence-electron chi connectivity index (χ2n) is 12.0. The largest absolute Gasteiger partial charge is 0.490 e. The standard InChI is InChI=1S/C32H36Cl2N8O5.C2HF3O2/c1-39-18-22(14-26(39)30(44)35-7-4-8-42-9-11-47-12-10-42)37-32(46)28-16-23(19-41(28)3)38-31(45)27-15-21(17-40(27)2)36-29(43)24-6-5-20(33)13-25(24)34;3-2(4,5)1(6)7/h5-6,13-19H,4,7-12H2,1-3H3,(H,35,44)(H,36,43)(H,37,46)(H,38,45);(H,6,7). The van der Waals surface area contributed by atoms with Crippen LogP contribution < -0.4 is 21.3 Å². The molecule has 5 rings (SSSR count). The van der Waals surface area contributed by atoms with Crippen molar-refractivity contribution in [1.29, 1.82) is 0 Å². The summed E-state index contributed by atoms with van der Waals surface area (Å²) in [6.07, 6.45) is 0.620. The van der Waals surface area contributed by atoms with E-state index >= 15 is 0 Å². The van der Waals surface area contributed by atoms with E-state index in [-0.39, 0.29) is 27.9 Å². The van der Waals surface area contributed by atoms with E-state index in [0.717, 1.165) is 39.3 Å². The number of amides is 4. The van der Waals surface area contributed by atoms with Gasteiger partial charge < -0.3 is 44.8 Å². The first kappa shape index (κ1) is 41.5. The fraction of sp³-hybridized carbons (Fsp3) is 0.324. The Bertz CT molecular complexity index is 2020. The lowest BCUT2D eigenvalue weighted by Gasteiger charge is -2.26. The number of aliphatic carboxylic acids is 1. The van der Waals surface area contributed by atoms with E-state index in [1.165, 1.54) is 18.2 Å². The van der Waals surface area contributed by atoms with Crippen LogP contribution in [0.3, 0.4) is 0 Å². The molecule has 20 heteroatoms. The molecule has 1 aliphatic rings. The third kappa shape index (κ3) is 11.3. The van der Waals surface area contributed by atoms with Crippen LogP contribution in [0.1, 0.15) is 48.2 Å². The lowest BCUT2D eigenvalue weighted by atomic mass is 10.2. The Morgan fingerprint density at radius 2 is 1.19 bits per heavy atom. The summed E-state index contributed by atoms with van der Waals surface area (Å²) >= 11 is 12.1. The molecule has 0 atom stereocenters. The second-order valence-corrected chi connectivity index (χ2v) is 12.9. The number of morpholine rings is 1. The number of hydrogen-bond donors (Lipinski definition) is 5. The van der Waals surface area contributed by atoms with E-state index in [1.807, 2.05) is 0 Å². The first-order valence-electron chi connectivity index (χ1n) is 16.2. The van der Waals surface area contributed by atoms with Gasteiger partial charge in [-0.1, -0.05) is 23.2 Å². The number of aryl methyl sites for hydroxylation is 3. The van der Waals surface area contributed by atoms with Crippen molar-refractivity contribution in [3.8, 4) is 0 Å². The Morgan fingerprint density at radius 3 is 1.63 bits per heavy atom. The highest BCUT2D eigenvalue weighted by Gasteiger charge is 2.38. The summed E-state index contributed by atoms with van der Waals surface area (Å²) in [6.45, 7) is 4.72. The number of ether oxygens (including phenoxy) is 1. The normalized spacial score (nSPS) is 13.0. The van der Waals surface area contributed by atoms with E-state index in [2.05, 4.69) is 26.2 Å². The number of rotatable bonds is 11. The van der Waals surface area contributed by atoms with Gasteiger partial charge in [0, 0.05) is 64.4 Å². The highest BCUT2D eigenvalue weighted by molar-refractivity contribution is 6.37. The third-order valence-corrected chi connectivity index (χ3v) is 8.49. The van der Waals surface area contributed by atoms with Gasteiger partial charge in [0.2, 0.25) is 0 Å². The number of aromatic nitrogens is 3. The number of carboxylic acids is 1. The van der Waals surface area contributed by atoms with Crippen molar-refractivity contribution in [2.24, 2.45) is 21.1 Å². The molecular formula is C34H37Cl2F3N8O7. The number of carbonyl (C=O) groups excluding carboxylic acids is 4. The van der Waals surface area contributed by atoms with Crippen LogP contribution in [0, 0.1) is 0 Å². The average Bonchev–Trinajstić information content (AvgIpc) is 3.78. The van der Waals surface area contributed by atoms with E-state index in [0.29, 0.717) is 34.3 Å². The number of carboxylic acid groups (broad SMARTS) is 1. The molecule has 0 saturated carbocycles. The van der Waals surface area contributed by atoms with Crippen molar-refractivity contribution in [3.05, 3.63) is 87.7 Å². The Morgan fingerprint density at radius 1 is 0.741 bits per heavy atom. The van der Waals surface area contributed by atoms with E-state index in [9.17, 15) is 32.3 Å². The van der Waals surface area contributed by atoms with Crippen LogP contribution in [0.25, 0.3) is 0 Å². The summed E-state index contributed by atoms with van der Waals surface area (Å²) in [6, 6.07) is 9.25. The van der Waals surface area contributed by atoms with Crippen molar-refractivity contribution < 1.29 is 47.0 Å². The van der Waals surface area contributed by atoms with Gasteiger partial charge in [0.05, 0.1) is 40.9 Å². The maximum Gasteiger partial charge on any atom is 0.490 e. The van der Waals surface area contributed by atoms with Gasteiger partial charge in [-0.05, 0) is 49.4 Å². The van der Waals surface area contributed by atoms with Crippen LogP contribution in [0.15, 0.2) is 55.0 Å². The highest BCUT2D eigenvalue weighted by Crippen LogP contribution is 2.24. The second kappa shape index (κ2) is 18.2. The molecule has 1 fully saturated rings. The molecule has 0 aliphatic carbocycles. The predicted molar refractivity (Wildman–Crippen MR) is 194 cm³/mol. The molecule has 0 spiro atoms. The van der Waals surface area contributed by atoms with Gasteiger partial charge in [-0.3, -0.25) is 24.1 Å². The van der Waals surface area contributed by atoms with Gasteiger partial charge in [0.25, 0.3) is 23.6 Å². The first-order valence-corrected chi connectivity index (χ1v) is 16.9. The molecule has 0 bridgehead atoms. The van der Waals surface area contributed by atoms with E-state index in [1.54, 1.807) is 71.6 Å². The molecule has 1 saturated heterocycles. The van der Waals surface area contributed by atoms with Crippen LogP contribution in [-0.4, -0.2) is 98.9 Å². The van der Waals surface area contributed by atoms with Crippen molar-refractivity contribution in [1.82, 2.24) is 23.9 Å². The maximum absolute atomic E-state index is 13.1. The Labute approximate surface area is 316 Å². The number of nitrogens with zero attached hydrogens (tertiary/aromatic N) is 4. The quantitative estimate of drug-likeness (QED) is 0.134. The predicted octanol–water partition coefficient (Wildman–Crippen LogP) is 4.85. The van der Waals surface area contributed by atoms with Crippen LogP contribution >= 0.6 is 23.2 Å². The monoisotopic (exact) mass is 796 g/mol. The van der Waals surface area contributed by atoms with Gasteiger partial charge in [-0.25, -0.2) is 4.79 Å². The number of carbonyl (C=O) groups is 5. The van der Waals surface area contributed by atoms with Crippen molar-refractivity contribution in [2.45, 2.75) is 12.6 Å². The molecule has 290 valence electrons. The number of alkyl halides is 3. The number of anilines is 3. The molecule has 5 N–H and O–H groups in total. The van der Waals surface area contributed by atoms with Crippen LogP contribution in [0.5, 0.6) is 0 Å². The van der Waals surface area contributed by atoms with E-state index in [4.69, 9.17) is 37.8 Å². The summed E-state index contributed by atoms with van der Waals surface area (Å²) in [5, 5.41) is 19.0. The fourth-order valence-electron chi connectivity index (χ4n) is 5.26. The smallest absolute Gasteiger partial charge is 0.475 e. The highest BCUT2D eigenvalue weighted by atomic mass is 35.5. The molecular weight excluding hydrogens is 760 g/mol. The zero-order chi connectivity index (χ0) is 39.7. The molecule has 15 nitrogen and oxygen atoms in total. The topological polar surface area (TPSA) is 181 Å². The summed E-state index contributed by atoms with van der Waals surface area (Å²) in [5.41, 5.74) is 2.47. The minimum absolute atomic E-state index is 0.205. The third-order valence-electron chi connectivity index (χ3n) is 7.94. The van der Waals surface area contributed by atoms with Gasteiger partial charge in [0.1, 0.15) is 17.1 Å². The number of benzene rings is 1. The molecule has 0 unspecified atom stereocenters. The Hall–Kier alpha value is -5.30. The van der Waals surface area contributed by atoms with Crippen molar-refractivity contribution in [3.63, 3.8) is 0 Å². The lowest BCUT2D eigenvalue weighted by Crippen LogP contribution is -2.38. The van der Waals surface area contributed by atoms with Gasteiger partial charge in [-0.2, -0.15) is 13.2 Å². The molecule has 3 aromatic heterocycles. The SMILES string of the molecule is Cn1cc(NC(=O)c2cc(NC(=O)c3cc(NC(=O)c4ccc(Cl)cc4Cl)cn3C)cn2C)cc1C(=O)NCCCN1CCOCC1.O=C(O)C(F)(F)F. The lowest BCUT2D eigenvalue weighted by molar-refractivity contribution is -0.192. The fourth-order valence-corrected chi connectivity index (χ4v) is 5.75. The van der Waals surface area contributed by atoms with Crippen molar-refractivity contribution in [2.75, 3.05) is 55.3 Å². The average molecular weight is 798 g/mol. The Balaban J connectivity index is 0.000000845. The number of hydrogen-bond acceptors (Lipinski definition) is 7. The van der Waals surface area contributed by atoms with Gasteiger partial charge in [0.15, 0.2) is 0 Å². The summed E-state index contributed by atoms with van der Waals surface area (Å²) in [4.78, 5) is 63.0. The molecule has 4 heterocycles. The molecule has 4 amide bonds. The minimum atomic E-state index is -5.08. The molecule has 1 aliphatic heterocycles. The maximum atomic E-state index is 13.1. The Kier molecular flexibility index (Phi) is 13.9. The zero-order valence-electron chi connectivity index (χ0n) is 29.2. The summed E-state index contributed by atoms with van der Waals surface area (Å²) in [5.74, 6) is -4.29. The molecule has 0 radical (unpaired) electrons. The minimum Gasteiger partial charge on any atom is -0.475 e. The molecule has 4 aromatic rings. The first-order chi connectivity index (χ1) is 25.4. The van der Waals surface area contributed by atoms with Gasteiger partial charge >= 0.3 is 12.1 Å². The number of halogens is 5. The van der Waals surface area contributed by atoms with Crippen LogP contribution in [0.4, 0.5) is 30.2 Å².